The maximum absolute atomic E-state index is 4.57. The van der Waals surface area contributed by atoms with E-state index in [1.165, 1.54) is 37.1 Å². The molecule has 1 fully saturated rings. The molecule has 1 aromatic heterocycles. The average molecular weight is 260 g/mol. The minimum Gasteiger partial charge on any atom is -0.300 e. The second-order valence-electron chi connectivity index (χ2n) is 5.96. The van der Waals surface area contributed by atoms with Crippen molar-refractivity contribution in [3.8, 4) is 0 Å². The highest BCUT2D eigenvalue weighted by Gasteiger charge is 2.23. The molecule has 106 valence electrons. The van der Waals surface area contributed by atoms with E-state index in [1.807, 2.05) is 6.20 Å². The highest BCUT2D eigenvalue weighted by Crippen LogP contribution is 2.23. The molecule has 0 bridgehead atoms. The number of hydrogen-bond acceptors (Lipinski definition) is 2. The van der Waals surface area contributed by atoms with Crippen LogP contribution in [0.4, 0.5) is 0 Å². The van der Waals surface area contributed by atoms with E-state index in [4.69, 9.17) is 0 Å². The molecule has 0 aliphatic carbocycles. The van der Waals surface area contributed by atoms with Crippen LogP contribution in [0.3, 0.4) is 0 Å². The molecule has 2 heteroatoms. The lowest BCUT2D eigenvalue weighted by molar-refractivity contribution is 0.117. The van der Waals surface area contributed by atoms with Crippen molar-refractivity contribution < 1.29 is 0 Å². The standard InChI is InChI=1S/C17H28N2/c1-4-15-8-9-17(18-12-15)10-11-19-13-16(5-2)7-6-14(19)3/h8-9,12,14,16H,4-7,10-11,13H2,1-3H3/t14-,16+/m0/s1. The van der Waals surface area contributed by atoms with E-state index in [0.29, 0.717) is 0 Å². The summed E-state index contributed by atoms with van der Waals surface area (Å²) < 4.78 is 0. The van der Waals surface area contributed by atoms with Gasteiger partial charge in [-0.3, -0.25) is 4.98 Å². The molecule has 2 heterocycles. The lowest BCUT2D eigenvalue weighted by Gasteiger charge is -2.37. The van der Waals surface area contributed by atoms with Gasteiger partial charge in [-0.25, -0.2) is 0 Å². The zero-order valence-corrected chi connectivity index (χ0v) is 12.7. The molecule has 0 unspecified atom stereocenters. The Kier molecular flexibility index (Phi) is 5.38. The zero-order valence-electron chi connectivity index (χ0n) is 12.7. The Hall–Kier alpha value is -0.890. The smallest absolute Gasteiger partial charge is 0.0416 e. The predicted octanol–water partition coefficient (Wildman–Crippen LogP) is 3.70. The van der Waals surface area contributed by atoms with Crippen LogP contribution in [-0.2, 0) is 12.8 Å². The van der Waals surface area contributed by atoms with Gasteiger partial charge < -0.3 is 4.90 Å². The maximum atomic E-state index is 4.57. The Bertz CT molecular complexity index is 371. The van der Waals surface area contributed by atoms with E-state index in [0.717, 1.165) is 31.3 Å². The molecule has 0 radical (unpaired) electrons. The van der Waals surface area contributed by atoms with E-state index in [2.05, 4.69) is 42.8 Å². The van der Waals surface area contributed by atoms with Crippen LogP contribution in [-0.4, -0.2) is 29.0 Å². The maximum Gasteiger partial charge on any atom is 0.0416 e. The van der Waals surface area contributed by atoms with Gasteiger partial charge in [0.25, 0.3) is 0 Å². The van der Waals surface area contributed by atoms with Crippen LogP contribution < -0.4 is 0 Å². The van der Waals surface area contributed by atoms with Crippen molar-refractivity contribution in [1.82, 2.24) is 9.88 Å². The highest BCUT2D eigenvalue weighted by molar-refractivity contribution is 5.14. The Balaban J connectivity index is 1.85. The van der Waals surface area contributed by atoms with E-state index >= 15 is 0 Å². The fourth-order valence-corrected chi connectivity index (χ4v) is 2.98. The SMILES string of the molecule is CCc1ccc(CCN2C[C@H](CC)CC[C@@H]2C)nc1. The minimum atomic E-state index is 0.748. The van der Waals surface area contributed by atoms with Gasteiger partial charge in [-0.1, -0.05) is 26.3 Å². The molecule has 2 nitrogen and oxygen atoms in total. The van der Waals surface area contributed by atoms with Gasteiger partial charge in [0.1, 0.15) is 0 Å². The van der Waals surface area contributed by atoms with Crippen molar-refractivity contribution in [1.29, 1.82) is 0 Å². The van der Waals surface area contributed by atoms with Crippen LogP contribution >= 0.6 is 0 Å². The number of rotatable bonds is 5. The van der Waals surface area contributed by atoms with E-state index in [-0.39, 0.29) is 0 Å². The first kappa shape index (κ1) is 14.5. The topological polar surface area (TPSA) is 16.1 Å². The van der Waals surface area contributed by atoms with Crippen molar-refractivity contribution >= 4 is 0 Å². The minimum absolute atomic E-state index is 0.748. The molecular weight excluding hydrogens is 232 g/mol. The van der Waals surface area contributed by atoms with Gasteiger partial charge in [-0.2, -0.15) is 0 Å². The first-order valence-electron chi connectivity index (χ1n) is 7.90. The molecule has 0 spiro atoms. The molecule has 1 aliphatic heterocycles. The summed E-state index contributed by atoms with van der Waals surface area (Å²) in [4.78, 5) is 7.23. The van der Waals surface area contributed by atoms with Crippen LogP contribution in [0.25, 0.3) is 0 Å². The van der Waals surface area contributed by atoms with Crippen LogP contribution in [0.15, 0.2) is 18.3 Å². The van der Waals surface area contributed by atoms with Crippen LogP contribution in [0.5, 0.6) is 0 Å². The van der Waals surface area contributed by atoms with Gasteiger partial charge in [-0.15, -0.1) is 0 Å². The summed E-state index contributed by atoms with van der Waals surface area (Å²) in [7, 11) is 0. The molecule has 1 aliphatic rings. The number of hydrogen-bond donors (Lipinski definition) is 0. The van der Waals surface area contributed by atoms with E-state index in [1.54, 1.807) is 0 Å². The first-order valence-corrected chi connectivity index (χ1v) is 7.90. The van der Waals surface area contributed by atoms with Crippen molar-refractivity contribution in [2.45, 2.75) is 58.9 Å². The Labute approximate surface area is 118 Å². The second kappa shape index (κ2) is 7.04. The Morgan fingerprint density at radius 3 is 2.74 bits per heavy atom. The van der Waals surface area contributed by atoms with Crippen molar-refractivity contribution in [2.75, 3.05) is 13.1 Å². The molecule has 0 aromatic carbocycles. The van der Waals surface area contributed by atoms with E-state index < -0.39 is 0 Å². The molecule has 0 saturated carbocycles. The Morgan fingerprint density at radius 1 is 1.26 bits per heavy atom. The third-order valence-electron chi connectivity index (χ3n) is 4.64. The quantitative estimate of drug-likeness (QED) is 0.802. The summed E-state index contributed by atoms with van der Waals surface area (Å²) >= 11 is 0. The molecule has 0 amide bonds. The highest BCUT2D eigenvalue weighted by atomic mass is 15.2. The third-order valence-corrected chi connectivity index (χ3v) is 4.64. The number of likely N-dealkylation sites (tertiary alicyclic amines) is 1. The summed E-state index contributed by atoms with van der Waals surface area (Å²) in [5, 5.41) is 0. The largest absolute Gasteiger partial charge is 0.300 e. The van der Waals surface area contributed by atoms with Crippen LogP contribution in [0.2, 0.25) is 0 Å². The molecule has 0 N–H and O–H groups in total. The van der Waals surface area contributed by atoms with Gasteiger partial charge >= 0.3 is 0 Å². The third kappa shape index (κ3) is 4.04. The summed E-state index contributed by atoms with van der Waals surface area (Å²) in [6, 6.07) is 5.17. The van der Waals surface area contributed by atoms with Crippen molar-refractivity contribution in [2.24, 2.45) is 5.92 Å². The summed E-state index contributed by atoms with van der Waals surface area (Å²) in [6.45, 7) is 9.32. The van der Waals surface area contributed by atoms with Crippen molar-refractivity contribution in [3.05, 3.63) is 29.6 Å². The molecule has 1 saturated heterocycles. The fourth-order valence-electron chi connectivity index (χ4n) is 2.98. The van der Waals surface area contributed by atoms with Gasteiger partial charge in [0.15, 0.2) is 0 Å². The van der Waals surface area contributed by atoms with Crippen molar-refractivity contribution in [3.63, 3.8) is 0 Å². The normalized spacial score (nSPS) is 24.6. The number of pyridine rings is 1. The van der Waals surface area contributed by atoms with Crippen LogP contribution in [0.1, 0.15) is 51.3 Å². The second-order valence-corrected chi connectivity index (χ2v) is 5.96. The van der Waals surface area contributed by atoms with Gasteiger partial charge in [0, 0.05) is 37.4 Å². The molecule has 19 heavy (non-hydrogen) atoms. The average Bonchev–Trinajstić information content (AvgIpc) is 2.47. The van der Waals surface area contributed by atoms with Gasteiger partial charge in [-0.05, 0) is 43.7 Å². The summed E-state index contributed by atoms with van der Waals surface area (Å²) in [5.74, 6) is 0.909. The summed E-state index contributed by atoms with van der Waals surface area (Å²) in [6.07, 6.45) is 8.30. The number of nitrogens with zero attached hydrogens (tertiary/aromatic N) is 2. The summed E-state index contributed by atoms with van der Waals surface area (Å²) in [5.41, 5.74) is 2.57. The fraction of sp³-hybridized carbons (Fsp3) is 0.706. The number of piperidine rings is 1. The molecule has 1 aromatic rings. The monoisotopic (exact) mass is 260 g/mol. The van der Waals surface area contributed by atoms with Gasteiger partial charge in [0.05, 0.1) is 0 Å². The zero-order chi connectivity index (χ0) is 13.7. The first-order chi connectivity index (χ1) is 9.22. The molecular formula is C17H28N2. The lowest BCUT2D eigenvalue weighted by Crippen LogP contribution is -2.42. The van der Waals surface area contributed by atoms with Crippen LogP contribution in [0, 0.1) is 5.92 Å². The van der Waals surface area contributed by atoms with E-state index in [9.17, 15) is 0 Å². The lowest BCUT2D eigenvalue weighted by atomic mass is 9.91. The Morgan fingerprint density at radius 2 is 2.11 bits per heavy atom. The predicted molar refractivity (Wildman–Crippen MR) is 81.4 cm³/mol. The molecule has 2 atom stereocenters. The number of aromatic nitrogens is 1. The number of aryl methyl sites for hydroxylation is 1. The van der Waals surface area contributed by atoms with Gasteiger partial charge in [0.2, 0.25) is 0 Å². The molecule has 2 rings (SSSR count).